The summed E-state index contributed by atoms with van der Waals surface area (Å²) >= 11 is 15.8. The van der Waals surface area contributed by atoms with E-state index in [0.717, 1.165) is 24.1 Å². The zero-order valence-electron chi connectivity index (χ0n) is 13.0. The monoisotopic (exact) mass is 426 g/mol. The number of rotatable bonds is 3. The third-order valence-electron chi connectivity index (χ3n) is 4.19. The van der Waals surface area contributed by atoms with Crippen LogP contribution in [0.1, 0.15) is 15.9 Å². The van der Waals surface area contributed by atoms with E-state index >= 15 is 0 Å². The first-order chi connectivity index (χ1) is 11.6. The van der Waals surface area contributed by atoms with Crippen molar-refractivity contribution in [3.63, 3.8) is 0 Å². The number of carbonyl (C=O) groups is 1. The number of benzene rings is 2. The summed E-state index contributed by atoms with van der Waals surface area (Å²) < 4.78 is 1.12. The van der Waals surface area contributed by atoms with E-state index in [-0.39, 0.29) is 5.91 Å². The molecule has 0 atom stereocenters. The molecule has 0 bridgehead atoms. The average molecular weight is 428 g/mol. The van der Waals surface area contributed by atoms with Crippen molar-refractivity contribution in [3.05, 3.63) is 68.1 Å². The molecule has 0 unspecified atom stereocenters. The lowest BCUT2D eigenvalue weighted by Gasteiger charge is -2.35. The number of amides is 1. The number of carbonyl (C=O) groups excluding carboxylic acids is 1. The fourth-order valence-electron chi connectivity index (χ4n) is 2.82. The van der Waals surface area contributed by atoms with Crippen molar-refractivity contribution in [2.24, 2.45) is 0 Å². The van der Waals surface area contributed by atoms with E-state index in [0.29, 0.717) is 28.7 Å². The predicted octanol–water partition coefficient (Wildman–Crippen LogP) is 4.71. The van der Waals surface area contributed by atoms with Crippen LogP contribution in [0.3, 0.4) is 0 Å². The summed E-state index contributed by atoms with van der Waals surface area (Å²) in [7, 11) is 0. The number of halogens is 3. The molecule has 1 aliphatic rings. The first-order valence-electron chi connectivity index (χ1n) is 7.75. The fraction of sp³-hybridized carbons (Fsp3) is 0.278. The lowest BCUT2D eigenvalue weighted by atomic mass is 10.1. The Balaban J connectivity index is 1.62. The lowest BCUT2D eigenvalue weighted by Crippen LogP contribution is -2.48. The van der Waals surface area contributed by atoms with Gasteiger partial charge in [-0.1, -0.05) is 63.4 Å². The molecule has 3 rings (SSSR count). The summed E-state index contributed by atoms with van der Waals surface area (Å²) in [4.78, 5) is 16.8. The Morgan fingerprint density at radius 2 is 1.71 bits per heavy atom. The predicted molar refractivity (Wildman–Crippen MR) is 102 cm³/mol. The maximum Gasteiger partial charge on any atom is 0.255 e. The molecular formula is C18H17BrCl2N2O. The molecule has 1 aliphatic heterocycles. The summed E-state index contributed by atoms with van der Waals surface area (Å²) in [5.74, 6) is -0.0527. The summed E-state index contributed by atoms with van der Waals surface area (Å²) in [6, 6.07) is 13.4. The molecule has 1 amide bonds. The van der Waals surface area contributed by atoms with Gasteiger partial charge in [0.15, 0.2) is 0 Å². The summed E-state index contributed by atoms with van der Waals surface area (Å²) in [6.07, 6.45) is 0. The van der Waals surface area contributed by atoms with Gasteiger partial charge in [-0.15, -0.1) is 0 Å². The van der Waals surface area contributed by atoms with Crippen LogP contribution in [0.2, 0.25) is 10.0 Å². The Hall–Kier alpha value is -1.07. The highest BCUT2D eigenvalue weighted by atomic mass is 79.9. The maximum absolute atomic E-state index is 12.6. The Morgan fingerprint density at radius 1 is 1.00 bits per heavy atom. The first kappa shape index (κ1) is 17.7. The molecule has 1 saturated heterocycles. The van der Waals surface area contributed by atoms with Crippen LogP contribution >= 0.6 is 39.1 Å². The van der Waals surface area contributed by atoms with Crippen LogP contribution in [0.15, 0.2) is 46.9 Å². The molecule has 6 heteroatoms. The van der Waals surface area contributed by atoms with Gasteiger partial charge in [0.25, 0.3) is 5.91 Å². The zero-order valence-corrected chi connectivity index (χ0v) is 16.1. The van der Waals surface area contributed by atoms with Gasteiger partial charge in [0, 0.05) is 37.2 Å². The van der Waals surface area contributed by atoms with Crippen LogP contribution in [-0.2, 0) is 6.54 Å². The van der Waals surface area contributed by atoms with Crippen molar-refractivity contribution in [1.29, 1.82) is 0 Å². The average Bonchev–Trinajstić information content (AvgIpc) is 2.59. The smallest absolute Gasteiger partial charge is 0.255 e. The molecule has 24 heavy (non-hydrogen) atoms. The van der Waals surface area contributed by atoms with Gasteiger partial charge < -0.3 is 4.90 Å². The number of hydrogen-bond donors (Lipinski definition) is 0. The Kier molecular flexibility index (Phi) is 5.82. The van der Waals surface area contributed by atoms with Gasteiger partial charge in [-0.05, 0) is 23.8 Å². The van der Waals surface area contributed by atoms with Gasteiger partial charge in [-0.25, -0.2) is 0 Å². The maximum atomic E-state index is 12.6. The van der Waals surface area contributed by atoms with Crippen LogP contribution in [0.4, 0.5) is 0 Å². The van der Waals surface area contributed by atoms with Crippen molar-refractivity contribution in [1.82, 2.24) is 9.80 Å². The second-order valence-corrected chi connectivity index (χ2v) is 7.40. The molecule has 2 aromatic rings. The van der Waals surface area contributed by atoms with Gasteiger partial charge >= 0.3 is 0 Å². The van der Waals surface area contributed by atoms with Crippen molar-refractivity contribution in [3.8, 4) is 0 Å². The highest BCUT2D eigenvalue weighted by molar-refractivity contribution is 9.10. The van der Waals surface area contributed by atoms with Crippen LogP contribution in [0.25, 0.3) is 0 Å². The first-order valence-corrected chi connectivity index (χ1v) is 9.30. The molecule has 0 aromatic heterocycles. The van der Waals surface area contributed by atoms with Gasteiger partial charge in [0.1, 0.15) is 0 Å². The minimum absolute atomic E-state index is 0.0527. The molecule has 0 saturated carbocycles. The van der Waals surface area contributed by atoms with E-state index in [1.807, 2.05) is 17.0 Å². The molecule has 1 heterocycles. The third kappa shape index (κ3) is 3.94. The molecule has 0 N–H and O–H groups in total. The topological polar surface area (TPSA) is 23.6 Å². The number of hydrogen-bond acceptors (Lipinski definition) is 2. The van der Waals surface area contributed by atoms with Gasteiger partial charge in [0.05, 0.1) is 15.6 Å². The molecule has 1 fully saturated rings. The van der Waals surface area contributed by atoms with Crippen molar-refractivity contribution in [2.75, 3.05) is 26.2 Å². The zero-order chi connectivity index (χ0) is 17.1. The van der Waals surface area contributed by atoms with E-state index in [1.165, 1.54) is 5.56 Å². The van der Waals surface area contributed by atoms with Crippen LogP contribution in [0, 0.1) is 0 Å². The standard InChI is InChI=1S/C18H17BrCl2N2O/c19-15-6-2-1-4-13(15)12-22-8-10-23(11-9-22)18(24)14-5-3-7-16(20)17(14)21/h1-7H,8-12H2. The van der Waals surface area contributed by atoms with Crippen LogP contribution in [-0.4, -0.2) is 41.9 Å². The highest BCUT2D eigenvalue weighted by Crippen LogP contribution is 2.27. The van der Waals surface area contributed by atoms with Gasteiger partial charge in [-0.2, -0.15) is 0 Å². The minimum Gasteiger partial charge on any atom is -0.336 e. The fourth-order valence-corrected chi connectivity index (χ4v) is 3.61. The SMILES string of the molecule is O=C(c1cccc(Cl)c1Cl)N1CCN(Cc2ccccc2Br)CC1. The van der Waals surface area contributed by atoms with E-state index in [2.05, 4.69) is 33.0 Å². The second kappa shape index (κ2) is 7.87. The molecular weight excluding hydrogens is 411 g/mol. The second-order valence-electron chi connectivity index (χ2n) is 5.76. The highest BCUT2D eigenvalue weighted by Gasteiger charge is 2.24. The Labute approximate surface area is 160 Å². The molecule has 0 spiro atoms. The van der Waals surface area contributed by atoms with E-state index in [4.69, 9.17) is 23.2 Å². The summed E-state index contributed by atoms with van der Waals surface area (Å²) in [6.45, 7) is 3.93. The minimum atomic E-state index is -0.0527. The number of piperazine rings is 1. The quantitative estimate of drug-likeness (QED) is 0.707. The van der Waals surface area contributed by atoms with Crippen molar-refractivity contribution in [2.45, 2.75) is 6.54 Å². The van der Waals surface area contributed by atoms with E-state index in [1.54, 1.807) is 18.2 Å². The van der Waals surface area contributed by atoms with Crippen LogP contribution < -0.4 is 0 Å². The molecule has 0 radical (unpaired) electrons. The largest absolute Gasteiger partial charge is 0.336 e. The van der Waals surface area contributed by atoms with E-state index < -0.39 is 0 Å². The van der Waals surface area contributed by atoms with Gasteiger partial charge in [0.2, 0.25) is 0 Å². The normalized spacial score (nSPS) is 15.5. The molecule has 3 nitrogen and oxygen atoms in total. The number of nitrogens with zero attached hydrogens (tertiary/aromatic N) is 2. The molecule has 0 aliphatic carbocycles. The Bertz CT molecular complexity index is 746. The summed E-state index contributed by atoms with van der Waals surface area (Å²) in [5, 5.41) is 0.745. The lowest BCUT2D eigenvalue weighted by molar-refractivity contribution is 0.0628. The molecule has 126 valence electrons. The summed E-state index contributed by atoms with van der Waals surface area (Å²) in [5.41, 5.74) is 1.73. The third-order valence-corrected chi connectivity index (χ3v) is 5.79. The van der Waals surface area contributed by atoms with E-state index in [9.17, 15) is 4.79 Å². The van der Waals surface area contributed by atoms with Crippen molar-refractivity contribution >= 4 is 45.0 Å². The molecule has 2 aromatic carbocycles. The van der Waals surface area contributed by atoms with Crippen LogP contribution in [0.5, 0.6) is 0 Å². The Morgan fingerprint density at radius 3 is 2.42 bits per heavy atom. The van der Waals surface area contributed by atoms with Crippen molar-refractivity contribution < 1.29 is 4.79 Å². The van der Waals surface area contributed by atoms with Gasteiger partial charge in [-0.3, -0.25) is 9.69 Å².